The number of benzene rings is 1. The molecular formula is C15H19N5O. The van der Waals surface area contributed by atoms with E-state index in [1.807, 2.05) is 18.2 Å². The number of rotatable bonds is 3. The van der Waals surface area contributed by atoms with Crippen molar-refractivity contribution in [2.24, 2.45) is 0 Å². The number of hydrogen-bond donors (Lipinski definition) is 1. The molecule has 0 atom stereocenters. The molecule has 0 radical (unpaired) electrons. The molecule has 1 fully saturated rings. The van der Waals surface area contributed by atoms with Gasteiger partial charge >= 0.3 is 0 Å². The quantitative estimate of drug-likeness (QED) is 0.919. The SMILES string of the molecule is COc1ccccc1N1CCN(c2cnc(N)cn2)CC1. The van der Waals surface area contributed by atoms with Gasteiger partial charge in [-0.2, -0.15) is 0 Å². The Morgan fingerprint density at radius 1 is 1.00 bits per heavy atom. The van der Waals surface area contributed by atoms with Crippen molar-refractivity contribution in [2.75, 3.05) is 48.8 Å². The van der Waals surface area contributed by atoms with Crippen molar-refractivity contribution in [1.29, 1.82) is 0 Å². The molecule has 2 N–H and O–H groups in total. The van der Waals surface area contributed by atoms with Crippen LogP contribution in [0.2, 0.25) is 0 Å². The Kier molecular flexibility index (Phi) is 3.77. The Morgan fingerprint density at radius 2 is 1.71 bits per heavy atom. The Morgan fingerprint density at radius 3 is 2.38 bits per heavy atom. The van der Waals surface area contributed by atoms with E-state index in [0.717, 1.165) is 43.4 Å². The summed E-state index contributed by atoms with van der Waals surface area (Å²) in [5.74, 6) is 2.24. The predicted molar refractivity (Wildman–Crippen MR) is 83.9 cm³/mol. The second kappa shape index (κ2) is 5.87. The number of anilines is 3. The number of hydrogen-bond acceptors (Lipinski definition) is 6. The summed E-state index contributed by atoms with van der Waals surface area (Å²) >= 11 is 0. The van der Waals surface area contributed by atoms with Crippen molar-refractivity contribution >= 4 is 17.3 Å². The maximum atomic E-state index is 5.57. The fraction of sp³-hybridized carbons (Fsp3) is 0.333. The zero-order chi connectivity index (χ0) is 14.7. The molecule has 0 spiro atoms. The van der Waals surface area contributed by atoms with Crippen LogP contribution < -0.4 is 20.3 Å². The normalized spacial score (nSPS) is 15.1. The van der Waals surface area contributed by atoms with Crippen LogP contribution in [-0.2, 0) is 0 Å². The molecule has 1 saturated heterocycles. The van der Waals surface area contributed by atoms with Gasteiger partial charge in [-0.25, -0.2) is 9.97 Å². The van der Waals surface area contributed by atoms with Crippen LogP contribution in [0.1, 0.15) is 0 Å². The van der Waals surface area contributed by atoms with Gasteiger partial charge in [-0.05, 0) is 12.1 Å². The summed E-state index contributed by atoms with van der Waals surface area (Å²) in [6.45, 7) is 3.64. The number of aromatic nitrogens is 2. The van der Waals surface area contributed by atoms with E-state index in [2.05, 4.69) is 25.8 Å². The van der Waals surface area contributed by atoms with Gasteiger partial charge in [0.05, 0.1) is 25.2 Å². The summed E-state index contributed by atoms with van der Waals surface area (Å²) in [6, 6.07) is 8.11. The van der Waals surface area contributed by atoms with E-state index in [-0.39, 0.29) is 0 Å². The molecule has 110 valence electrons. The lowest BCUT2D eigenvalue weighted by Crippen LogP contribution is -2.47. The van der Waals surface area contributed by atoms with Crippen molar-refractivity contribution in [3.8, 4) is 5.75 Å². The van der Waals surface area contributed by atoms with Crippen LogP contribution in [0.5, 0.6) is 5.75 Å². The minimum atomic E-state index is 0.450. The average Bonchev–Trinajstić information content (AvgIpc) is 2.56. The summed E-state index contributed by atoms with van der Waals surface area (Å²) in [5, 5.41) is 0. The van der Waals surface area contributed by atoms with Crippen molar-refractivity contribution in [3.05, 3.63) is 36.7 Å². The molecule has 2 aromatic rings. The lowest BCUT2D eigenvalue weighted by molar-refractivity contribution is 0.413. The fourth-order valence-electron chi connectivity index (χ4n) is 2.56. The van der Waals surface area contributed by atoms with Crippen LogP contribution in [0.15, 0.2) is 36.7 Å². The van der Waals surface area contributed by atoms with Crippen LogP contribution in [0.25, 0.3) is 0 Å². The van der Waals surface area contributed by atoms with Crippen LogP contribution in [-0.4, -0.2) is 43.3 Å². The van der Waals surface area contributed by atoms with Gasteiger partial charge in [0.2, 0.25) is 0 Å². The molecule has 0 amide bonds. The Labute approximate surface area is 124 Å². The highest BCUT2D eigenvalue weighted by atomic mass is 16.5. The monoisotopic (exact) mass is 285 g/mol. The highest BCUT2D eigenvalue weighted by molar-refractivity contribution is 5.59. The van der Waals surface area contributed by atoms with Crippen molar-refractivity contribution < 1.29 is 4.74 Å². The molecule has 6 heteroatoms. The first-order valence-electron chi connectivity index (χ1n) is 6.98. The molecule has 1 aliphatic heterocycles. The van der Waals surface area contributed by atoms with Gasteiger partial charge in [0.1, 0.15) is 17.4 Å². The molecule has 21 heavy (non-hydrogen) atoms. The van der Waals surface area contributed by atoms with E-state index >= 15 is 0 Å². The topological polar surface area (TPSA) is 67.5 Å². The smallest absolute Gasteiger partial charge is 0.147 e. The Hall–Kier alpha value is -2.50. The lowest BCUT2D eigenvalue weighted by Gasteiger charge is -2.37. The minimum absolute atomic E-state index is 0.450. The van der Waals surface area contributed by atoms with Crippen LogP contribution in [0, 0.1) is 0 Å². The highest BCUT2D eigenvalue weighted by Gasteiger charge is 2.20. The number of nitrogen functional groups attached to an aromatic ring is 1. The second-order valence-corrected chi connectivity index (χ2v) is 4.95. The summed E-state index contributed by atoms with van der Waals surface area (Å²) in [5.41, 5.74) is 6.71. The molecular weight excluding hydrogens is 266 g/mol. The van der Waals surface area contributed by atoms with Crippen molar-refractivity contribution in [3.63, 3.8) is 0 Å². The van der Waals surface area contributed by atoms with Crippen LogP contribution in [0.4, 0.5) is 17.3 Å². The third kappa shape index (κ3) is 2.84. The molecule has 2 heterocycles. The van der Waals surface area contributed by atoms with Gasteiger partial charge < -0.3 is 20.3 Å². The molecule has 0 saturated carbocycles. The van der Waals surface area contributed by atoms with Gasteiger partial charge in [-0.1, -0.05) is 12.1 Å². The van der Waals surface area contributed by atoms with Gasteiger partial charge in [0.25, 0.3) is 0 Å². The summed E-state index contributed by atoms with van der Waals surface area (Å²) in [6.07, 6.45) is 3.33. The highest BCUT2D eigenvalue weighted by Crippen LogP contribution is 2.28. The summed E-state index contributed by atoms with van der Waals surface area (Å²) in [4.78, 5) is 13.0. The minimum Gasteiger partial charge on any atom is -0.495 e. The van der Waals surface area contributed by atoms with E-state index in [0.29, 0.717) is 5.82 Å². The third-order valence-corrected chi connectivity index (χ3v) is 3.69. The standard InChI is InChI=1S/C15H19N5O/c1-21-13-5-3-2-4-12(13)19-6-8-20(9-7-19)15-11-17-14(16)10-18-15/h2-5,10-11H,6-9H2,1H3,(H2,16,17). The maximum Gasteiger partial charge on any atom is 0.147 e. The first kappa shape index (κ1) is 13.5. The lowest BCUT2D eigenvalue weighted by atomic mass is 10.2. The van der Waals surface area contributed by atoms with Gasteiger partial charge in [0, 0.05) is 26.2 Å². The van der Waals surface area contributed by atoms with E-state index in [1.54, 1.807) is 19.5 Å². The van der Waals surface area contributed by atoms with E-state index < -0.39 is 0 Å². The molecule has 3 rings (SSSR count). The Balaban J connectivity index is 1.69. The average molecular weight is 285 g/mol. The fourth-order valence-corrected chi connectivity index (χ4v) is 2.56. The Bertz CT molecular complexity index is 593. The number of methoxy groups -OCH3 is 1. The zero-order valence-corrected chi connectivity index (χ0v) is 12.1. The van der Waals surface area contributed by atoms with E-state index in [1.165, 1.54) is 0 Å². The van der Waals surface area contributed by atoms with Gasteiger partial charge in [-0.15, -0.1) is 0 Å². The predicted octanol–water partition coefficient (Wildman–Crippen LogP) is 1.39. The number of nitrogens with two attached hydrogens (primary N) is 1. The molecule has 1 aromatic carbocycles. The number of para-hydroxylation sites is 2. The number of nitrogens with zero attached hydrogens (tertiary/aromatic N) is 4. The first-order valence-corrected chi connectivity index (χ1v) is 6.98. The van der Waals surface area contributed by atoms with E-state index in [4.69, 9.17) is 10.5 Å². The van der Waals surface area contributed by atoms with Gasteiger partial charge in [-0.3, -0.25) is 0 Å². The molecule has 0 aliphatic carbocycles. The van der Waals surface area contributed by atoms with Crippen LogP contribution in [0.3, 0.4) is 0 Å². The number of piperazine rings is 1. The third-order valence-electron chi connectivity index (χ3n) is 3.69. The van der Waals surface area contributed by atoms with Crippen molar-refractivity contribution in [1.82, 2.24) is 9.97 Å². The summed E-state index contributed by atoms with van der Waals surface area (Å²) < 4.78 is 5.43. The van der Waals surface area contributed by atoms with Gasteiger partial charge in [0.15, 0.2) is 0 Å². The molecule has 0 bridgehead atoms. The molecule has 1 aromatic heterocycles. The van der Waals surface area contributed by atoms with Crippen LogP contribution >= 0.6 is 0 Å². The second-order valence-electron chi connectivity index (χ2n) is 4.95. The largest absolute Gasteiger partial charge is 0.495 e. The molecule has 6 nitrogen and oxygen atoms in total. The number of ether oxygens (including phenoxy) is 1. The maximum absolute atomic E-state index is 5.57. The summed E-state index contributed by atoms with van der Waals surface area (Å²) in [7, 11) is 1.71. The zero-order valence-electron chi connectivity index (χ0n) is 12.1. The molecule has 1 aliphatic rings. The first-order chi connectivity index (χ1) is 10.3. The van der Waals surface area contributed by atoms with Crippen molar-refractivity contribution in [2.45, 2.75) is 0 Å². The van der Waals surface area contributed by atoms with E-state index in [9.17, 15) is 0 Å². The molecule has 0 unspecified atom stereocenters.